The molecule has 0 aromatic heterocycles. The van der Waals surface area contributed by atoms with Crippen molar-refractivity contribution in [1.29, 1.82) is 0 Å². The molecule has 1 atom stereocenters. The summed E-state index contributed by atoms with van der Waals surface area (Å²) in [6.07, 6.45) is -0.124. The number of nitrogens with zero attached hydrogens (tertiary/aromatic N) is 1. The van der Waals surface area contributed by atoms with Crippen LogP contribution in [0.25, 0.3) is 0 Å². The first kappa shape index (κ1) is 19.9. The van der Waals surface area contributed by atoms with Crippen LogP contribution in [0.1, 0.15) is 27.9 Å². The topological polar surface area (TPSA) is 113 Å². The molecule has 0 unspecified atom stereocenters. The molecule has 1 aromatic rings. The number of aromatic hydroxyl groups is 1. The molecule has 1 heterocycles. The lowest BCUT2D eigenvalue weighted by Gasteiger charge is -2.25. The molecule has 0 bridgehead atoms. The molecule has 26 heavy (non-hydrogen) atoms. The van der Waals surface area contributed by atoms with Gasteiger partial charge in [0.1, 0.15) is 24.1 Å². The molecule has 1 aromatic carbocycles. The normalized spacial score (nSPS) is 19.0. The van der Waals surface area contributed by atoms with Crippen LogP contribution in [0.5, 0.6) is 11.5 Å². The van der Waals surface area contributed by atoms with Crippen LogP contribution in [0.2, 0.25) is 0 Å². The summed E-state index contributed by atoms with van der Waals surface area (Å²) in [7, 11) is 2.84. The van der Waals surface area contributed by atoms with Gasteiger partial charge in [0.25, 0.3) is 0 Å². The number of phenolic OH excluding ortho intramolecular Hbond substituents is 1. The number of fused-ring (bicyclic) bond motifs is 1. The smallest absolute Gasteiger partial charge is 0.338 e. The number of ether oxygens (including phenoxy) is 2. The van der Waals surface area contributed by atoms with Gasteiger partial charge in [-0.3, -0.25) is 4.79 Å². The van der Waals surface area contributed by atoms with E-state index in [2.05, 4.69) is 0 Å². The maximum absolute atomic E-state index is 12.5. The van der Waals surface area contributed by atoms with Crippen LogP contribution in [0.4, 0.5) is 0 Å². The van der Waals surface area contributed by atoms with Crippen LogP contribution >= 0.6 is 11.8 Å². The van der Waals surface area contributed by atoms with Crippen LogP contribution in [0.3, 0.4) is 0 Å². The number of rotatable bonds is 2. The van der Waals surface area contributed by atoms with E-state index in [0.717, 1.165) is 4.90 Å². The number of esters is 1. The molecule has 1 aliphatic rings. The molecule has 0 fully saturated rings. The average Bonchev–Trinajstić information content (AvgIpc) is 2.58. The van der Waals surface area contributed by atoms with Crippen LogP contribution in [-0.4, -0.2) is 65.5 Å². The fraction of sp³-hybridized carbons (Fsp3) is 0.471. The van der Waals surface area contributed by atoms with E-state index in [-0.39, 0.29) is 35.8 Å². The van der Waals surface area contributed by atoms with E-state index in [1.165, 1.54) is 32.0 Å². The number of carboxylic acids is 1. The Morgan fingerprint density at radius 2 is 2.12 bits per heavy atom. The molecule has 2 N–H and O–H groups in total. The minimum Gasteiger partial charge on any atom is -0.507 e. The Labute approximate surface area is 155 Å². The number of hydrogen-bond donors (Lipinski definition) is 2. The Bertz CT molecular complexity index is 734. The molecular formula is C17H21NO7S. The monoisotopic (exact) mass is 383 g/mol. The quantitative estimate of drug-likeness (QED) is 0.737. The Morgan fingerprint density at radius 1 is 1.42 bits per heavy atom. The standard InChI is InChI=1S/C17H21NO7S/c1-9-13(24-3)6-12(19)10-7-26-8-11(16(21)22)18(2)14(20)4-5-25-17(23)15(9)10/h6,11,19H,4-5,7-8H2,1-3H3,(H,21,22)/t11-/m0/s1. The number of carbonyl (C=O) groups excluding carboxylic acids is 2. The maximum Gasteiger partial charge on any atom is 0.338 e. The number of aliphatic carboxylic acids is 1. The fourth-order valence-corrected chi connectivity index (χ4v) is 3.91. The summed E-state index contributed by atoms with van der Waals surface area (Å²) in [4.78, 5) is 37.2. The minimum absolute atomic E-state index is 0.122. The average molecular weight is 383 g/mol. The number of benzene rings is 1. The van der Waals surface area contributed by atoms with Gasteiger partial charge >= 0.3 is 11.9 Å². The number of carboxylic acid groups (broad SMARTS) is 1. The third kappa shape index (κ3) is 4.04. The summed E-state index contributed by atoms with van der Waals surface area (Å²) in [5, 5.41) is 19.7. The van der Waals surface area contributed by atoms with Crippen molar-refractivity contribution >= 4 is 29.6 Å². The largest absolute Gasteiger partial charge is 0.507 e. The molecule has 1 aliphatic heterocycles. The van der Waals surface area contributed by atoms with Gasteiger partial charge in [0.2, 0.25) is 5.91 Å². The van der Waals surface area contributed by atoms with Crippen LogP contribution in [0, 0.1) is 6.92 Å². The predicted molar refractivity (Wildman–Crippen MR) is 94.7 cm³/mol. The zero-order valence-electron chi connectivity index (χ0n) is 14.8. The second-order valence-corrected chi connectivity index (χ2v) is 6.87. The summed E-state index contributed by atoms with van der Waals surface area (Å²) < 4.78 is 10.4. The Balaban J connectivity index is 2.44. The number of hydrogen-bond acceptors (Lipinski definition) is 7. The van der Waals surface area contributed by atoms with Gasteiger partial charge < -0.3 is 24.6 Å². The fourth-order valence-electron chi connectivity index (χ4n) is 2.71. The van der Waals surface area contributed by atoms with Crippen LogP contribution in [-0.2, 0) is 20.1 Å². The van der Waals surface area contributed by atoms with E-state index < -0.39 is 23.9 Å². The lowest BCUT2D eigenvalue weighted by molar-refractivity contribution is -0.148. The second kappa shape index (κ2) is 8.31. The highest BCUT2D eigenvalue weighted by Crippen LogP contribution is 2.35. The lowest BCUT2D eigenvalue weighted by atomic mass is 10.0. The Morgan fingerprint density at radius 3 is 2.73 bits per heavy atom. The zero-order chi connectivity index (χ0) is 19.4. The molecule has 0 spiro atoms. The van der Waals surface area contributed by atoms with Crippen molar-refractivity contribution in [2.45, 2.75) is 25.1 Å². The first-order valence-electron chi connectivity index (χ1n) is 7.90. The van der Waals surface area contributed by atoms with Gasteiger partial charge in [-0.1, -0.05) is 0 Å². The Hall–Kier alpha value is -2.42. The van der Waals surface area contributed by atoms with Gasteiger partial charge in [-0.2, -0.15) is 11.8 Å². The van der Waals surface area contributed by atoms with Crippen molar-refractivity contribution in [2.75, 3.05) is 26.5 Å². The van der Waals surface area contributed by atoms with Crippen molar-refractivity contribution in [3.8, 4) is 11.5 Å². The number of cyclic esters (lactones) is 1. The molecular weight excluding hydrogens is 362 g/mol. The number of amides is 1. The molecule has 2 rings (SSSR count). The van der Waals surface area contributed by atoms with E-state index in [1.807, 2.05) is 0 Å². The third-order valence-electron chi connectivity index (χ3n) is 4.26. The van der Waals surface area contributed by atoms with Gasteiger partial charge in [0.05, 0.1) is 19.1 Å². The highest BCUT2D eigenvalue weighted by atomic mass is 32.2. The maximum atomic E-state index is 12.5. The van der Waals surface area contributed by atoms with Gasteiger partial charge in [-0.25, -0.2) is 9.59 Å². The molecule has 8 nitrogen and oxygen atoms in total. The number of carbonyl (C=O) groups is 3. The molecule has 142 valence electrons. The summed E-state index contributed by atoms with van der Waals surface area (Å²) >= 11 is 1.21. The first-order valence-corrected chi connectivity index (χ1v) is 9.06. The molecule has 9 heteroatoms. The number of thioether (sulfide) groups is 1. The summed E-state index contributed by atoms with van der Waals surface area (Å²) in [6, 6.07) is 0.408. The Kier molecular flexibility index (Phi) is 6.36. The number of likely N-dealkylation sites (N-methyl/N-ethyl adjacent to an activating group) is 1. The van der Waals surface area contributed by atoms with Gasteiger partial charge in [0.15, 0.2) is 0 Å². The van der Waals surface area contributed by atoms with Crippen LogP contribution in [0.15, 0.2) is 6.07 Å². The molecule has 0 aliphatic carbocycles. The van der Waals surface area contributed by atoms with Crippen molar-refractivity contribution in [3.63, 3.8) is 0 Å². The van der Waals surface area contributed by atoms with Crippen molar-refractivity contribution in [2.24, 2.45) is 0 Å². The van der Waals surface area contributed by atoms with E-state index in [9.17, 15) is 24.6 Å². The molecule has 0 radical (unpaired) electrons. The summed E-state index contributed by atoms with van der Waals surface area (Å²) in [5.74, 6) is -1.66. The molecule has 1 amide bonds. The third-order valence-corrected chi connectivity index (χ3v) is 5.31. The van der Waals surface area contributed by atoms with E-state index in [0.29, 0.717) is 16.9 Å². The summed E-state index contributed by atoms with van der Waals surface area (Å²) in [6.45, 7) is 1.49. The number of phenols is 1. The van der Waals surface area contributed by atoms with Gasteiger partial charge in [-0.15, -0.1) is 0 Å². The van der Waals surface area contributed by atoms with Crippen molar-refractivity contribution in [1.82, 2.24) is 4.90 Å². The highest BCUT2D eigenvalue weighted by Gasteiger charge is 2.29. The first-order chi connectivity index (χ1) is 12.3. The van der Waals surface area contributed by atoms with Crippen molar-refractivity contribution < 1.29 is 34.1 Å². The SMILES string of the molecule is COc1cc(O)c2c(c1C)C(=O)OCCC(=O)N(C)[C@H](C(=O)O)CSC2. The zero-order valence-corrected chi connectivity index (χ0v) is 15.6. The van der Waals surface area contributed by atoms with E-state index in [1.54, 1.807) is 6.92 Å². The number of methoxy groups -OCH3 is 1. The minimum atomic E-state index is -1.11. The lowest BCUT2D eigenvalue weighted by Crippen LogP contribution is -2.44. The molecule has 0 saturated heterocycles. The van der Waals surface area contributed by atoms with E-state index >= 15 is 0 Å². The van der Waals surface area contributed by atoms with Crippen LogP contribution < -0.4 is 4.74 Å². The molecule has 0 saturated carbocycles. The van der Waals surface area contributed by atoms with E-state index in [4.69, 9.17) is 9.47 Å². The van der Waals surface area contributed by atoms with Gasteiger partial charge in [-0.05, 0) is 6.92 Å². The van der Waals surface area contributed by atoms with Crippen molar-refractivity contribution in [3.05, 3.63) is 22.8 Å². The summed E-state index contributed by atoms with van der Waals surface area (Å²) in [5.41, 5.74) is 1.06. The second-order valence-electron chi connectivity index (χ2n) is 5.84. The highest BCUT2D eigenvalue weighted by molar-refractivity contribution is 7.98. The predicted octanol–water partition coefficient (Wildman–Crippen LogP) is 1.41. The van der Waals surface area contributed by atoms with Gasteiger partial charge in [0, 0.05) is 35.7 Å².